The number of amides is 1. The Hall–Kier alpha value is -2.34. The summed E-state index contributed by atoms with van der Waals surface area (Å²) in [6.07, 6.45) is 0.746. The highest BCUT2D eigenvalue weighted by Gasteiger charge is 2.06. The van der Waals surface area contributed by atoms with Crippen molar-refractivity contribution in [1.82, 2.24) is 5.32 Å². The van der Waals surface area contributed by atoms with Crippen LogP contribution in [0.3, 0.4) is 0 Å². The molecule has 0 saturated carbocycles. The first-order chi connectivity index (χ1) is 11.1. The van der Waals surface area contributed by atoms with E-state index in [2.05, 4.69) is 21.2 Å². The number of carbonyl (C=O) groups excluding carboxylic acids is 2. The monoisotopic (exact) mass is 377 g/mol. The fourth-order valence-corrected chi connectivity index (χ4v) is 2.36. The normalized spacial score (nSPS) is 10.0. The number of carbonyl (C=O) groups is 2. The van der Waals surface area contributed by atoms with Gasteiger partial charge in [0.1, 0.15) is 17.8 Å². The van der Waals surface area contributed by atoms with Gasteiger partial charge in [-0.2, -0.15) is 0 Å². The first-order valence-corrected chi connectivity index (χ1v) is 7.69. The number of halogens is 1. The maximum absolute atomic E-state index is 11.8. The second-order valence-electron chi connectivity index (χ2n) is 4.72. The first kappa shape index (κ1) is 17.0. The maximum atomic E-state index is 11.8. The molecule has 0 fully saturated rings. The van der Waals surface area contributed by atoms with Crippen LogP contribution in [-0.2, 0) is 11.3 Å². The van der Waals surface area contributed by atoms with Crippen LogP contribution >= 0.6 is 15.9 Å². The smallest absolute Gasteiger partial charge is 0.258 e. The van der Waals surface area contributed by atoms with E-state index in [1.54, 1.807) is 25.3 Å². The average molecular weight is 378 g/mol. The van der Waals surface area contributed by atoms with E-state index in [4.69, 9.17) is 9.47 Å². The SMILES string of the molecule is COc1ccc(CNC(=O)COc2ccc(C=O)cc2Br)cc1. The van der Waals surface area contributed by atoms with E-state index in [0.29, 0.717) is 22.3 Å². The standard InChI is InChI=1S/C17H16BrNO4/c1-22-14-5-2-12(3-6-14)9-19-17(21)11-23-16-7-4-13(10-20)8-15(16)18/h2-8,10H,9,11H2,1H3,(H,19,21). The third-order valence-electron chi connectivity index (χ3n) is 3.10. The Morgan fingerprint density at radius 3 is 2.57 bits per heavy atom. The number of benzene rings is 2. The summed E-state index contributed by atoms with van der Waals surface area (Å²) < 4.78 is 11.1. The number of methoxy groups -OCH3 is 1. The predicted molar refractivity (Wildman–Crippen MR) is 89.9 cm³/mol. The molecule has 2 aromatic carbocycles. The molecule has 5 nitrogen and oxygen atoms in total. The van der Waals surface area contributed by atoms with Crippen molar-refractivity contribution in [2.45, 2.75) is 6.54 Å². The predicted octanol–water partition coefficient (Wildman–Crippen LogP) is 2.97. The summed E-state index contributed by atoms with van der Waals surface area (Å²) in [6, 6.07) is 12.3. The Morgan fingerprint density at radius 1 is 1.22 bits per heavy atom. The summed E-state index contributed by atoms with van der Waals surface area (Å²) in [5, 5.41) is 2.77. The number of hydrogen-bond acceptors (Lipinski definition) is 4. The van der Waals surface area contributed by atoms with Crippen molar-refractivity contribution in [3.63, 3.8) is 0 Å². The Kier molecular flexibility index (Phi) is 6.17. The van der Waals surface area contributed by atoms with Crippen molar-refractivity contribution in [3.8, 4) is 11.5 Å². The van der Waals surface area contributed by atoms with E-state index in [9.17, 15) is 9.59 Å². The topological polar surface area (TPSA) is 64.6 Å². The van der Waals surface area contributed by atoms with Crippen LogP contribution in [0.2, 0.25) is 0 Å². The van der Waals surface area contributed by atoms with Gasteiger partial charge in [0.2, 0.25) is 0 Å². The quantitative estimate of drug-likeness (QED) is 0.753. The van der Waals surface area contributed by atoms with Crippen LogP contribution < -0.4 is 14.8 Å². The van der Waals surface area contributed by atoms with Gasteiger partial charge >= 0.3 is 0 Å². The van der Waals surface area contributed by atoms with E-state index < -0.39 is 0 Å². The summed E-state index contributed by atoms with van der Waals surface area (Å²) in [4.78, 5) is 22.5. The molecule has 2 aromatic rings. The minimum Gasteiger partial charge on any atom is -0.497 e. The van der Waals surface area contributed by atoms with Crippen molar-refractivity contribution in [2.24, 2.45) is 0 Å². The maximum Gasteiger partial charge on any atom is 0.258 e. The zero-order valence-electron chi connectivity index (χ0n) is 12.5. The van der Waals surface area contributed by atoms with Crippen LogP contribution in [-0.4, -0.2) is 25.9 Å². The lowest BCUT2D eigenvalue weighted by Crippen LogP contribution is -2.28. The van der Waals surface area contributed by atoms with Crippen LogP contribution in [0, 0.1) is 0 Å². The molecule has 120 valence electrons. The van der Waals surface area contributed by atoms with Gasteiger partial charge in [-0.3, -0.25) is 9.59 Å². The van der Waals surface area contributed by atoms with E-state index in [0.717, 1.165) is 17.6 Å². The molecule has 0 radical (unpaired) electrons. The molecule has 0 heterocycles. The van der Waals surface area contributed by atoms with Gasteiger partial charge in [0.25, 0.3) is 5.91 Å². The second kappa shape index (κ2) is 8.33. The van der Waals surface area contributed by atoms with E-state index in [-0.39, 0.29) is 12.5 Å². The summed E-state index contributed by atoms with van der Waals surface area (Å²) in [5.74, 6) is 1.05. The molecule has 0 bridgehead atoms. The number of hydrogen-bond donors (Lipinski definition) is 1. The lowest BCUT2D eigenvalue weighted by molar-refractivity contribution is -0.123. The van der Waals surface area contributed by atoms with Gasteiger partial charge in [-0.05, 0) is 51.8 Å². The summed E-state index contributed by atoms with van der Waals surface area (Å²) in [6.45, 7) is 0.312. The van der Waals surface area contributed by atoms with Crippen molar-refractivity contribution in [2.75, 3.05) is 13.7 Å². The molecular formula is C17H16BrNO4. The number of aldehydes is 1. The summed E-state index contributed by atoms with van der Waals surface area (Å²) in [5.41, 5.74) is 1.50. The third kappa shape index (κ3) is 5.10. The molecular weight excluding hydrogens is 362 g/mol. The van der Waals surface area contributed by atoms with Gasteiger partial charge in [0.15, 0.2) is 6.61 Å². The van der Waals surface area contributed by atoms with Gasteiger partial charge in [-0.15, -0.1) is 0 Å². The third-order valence-corrected chi connectivity index (χ3v) is 3.72. The number of nitrogens with one attached hydrogen (secondary N) is 1. The fraction of sp³-hybridized carbons (Fsp3) is 0.176. The zero-order chi connectivity index (χ0) is 16.7. The fourth-order valence-electron chi connectivity index (χ4n) is 1.85. The lowest BCUT2D eigenvalue weighted by Gasteiger charge is -2.09. The van der Waals surface area contributed by atoms with Gasteiger partial charge < -0.3 is 14.8 Å². The Morgan fingerprint density at radius 2 is 1.96 bits per heavy atom. The van der Waals surface area contributed by atoms with Crippen molar-refractivity contribution in [3.05, 3.63) is 58.1 Å². The van der Waals surface area contributed by atoms with Crippen LogP contribution in [0.4, 0.5) is 0 Å². The first-order valence-electron chi connectivity index (χ1n) is 6.89. The molecule has 0 atom stereocenters. The van der Waals surface area contributed by atoms with Gasteiger partial charge in [-0.1, -0.05) is 12.1 Å². The minimum absolute atomic E-state index is 0.102. The summed E-state index contributed by atoms with van der Waals surface area (Å²) in [7, 11) is 1.61. The molecule has 0 aliphatic carbocycles. The molecule has 2 rings (SSSR count). The Bertz CT molecular complexity index is 685. The van der Waals surface area contributed by atoms with Crippen LogP contribution in [0.25, 0.3) is 0 Å². The molecule has 23 heavy (non-hydrogen) atoms. The van der Waals surface area contributed by atoms with E-state index >= 15 is 0 Å². The molecule has 0 unspecified atom stereocenters. The molecule has 0 aliphatic rings. The molecule has 0 aromatic heterocycles. The minimum atomic E-state index is -0.229. The molecule has 0 saturated heterocycles. The molecule has 1 amide bonds. The zero-order valence-corrected chi connectivity index (χ0v) is 14.1. The van der Waals surface area contributed by atoms with Crippen LogP contribution in [0.1, 0.15) is 15.9 Å². The van der Waals surface area contributed by atoms with Crippen molar-refractivity contribution < 1.29 is 19.1 Å². The second-order valence-corrected chi connectivity index (χ2v) is 5.58. The van der Waals surface area contributed by atoms with Crippen molar-refractivity contribution >= 4 is 28.1 Å². The highest BCUT2D eigenvalue weighted by atomic mass is 79.9. The Balaban J connectivity index is 1.81. The molecule has 0 aliphatic heterocycles. The molecule has 1 N–H and O–H groups in total. The van der Waals surface area contributed by atoms with E-state index in [1.807, 2.05) is 24.3 Å². The van der Waals surface area contributed by atoms with Gasteiger partial charge in [0.05, 0.1) is 11.6 Å². The van der Waals surface area contributed by atoms with E-state index in [1.165, 1.54) is 0 Å². The van der Waals surface area contributed by atoms with Crippen LogP contribution in [0.5, 0.6) is 11.5 Å². The van der Waals surface area contributed by atoms with Crippen LogP contribution in [0.15, 0.2) is 46.9 Å². The molecule has 0 spiro atoms. The highest BCUT2D eigenvalue weighted by molar-refractivity contribution is 9.10. The summed E-state index contributed by atoms with van der Waals surface area (Å²) >= 11 is 3.30. The van der Waals surface area contributed by atoms with Crippen molar-refractivity contribution in [1.29, 1.82) is 0 Å². The highest BCUT2D eigenvalue weighted by Crippen LogP contribution is 2.25. The number of rotatable bonds is 7. The van der Waals surface area contributed by atoms with Gasteiger partial charge in [0, 0.05) is 12.1 Å². The Labute approximate surface area is 142 Å². The lowest BCUT2D eigenvalue weighted by atomic mass is 10.2. The average Bonchev–Trinajstić information content (AvgIpc) is 2.59. The largest absolute Gasteiger partial charge is 0.497 e. The van der Waals surface area contributed by atoms with Gasteiger partial charge in [-0.25, -0.2) is 0 Å². The number of ether oxygens (including phenoxy) is 2. The molecule has 6 heteroatoms.